The average molecular weight is 252 g/mol. The zero-order valence-corrected chi connectivity index (χ0v) is 10.1. The van der Waals surface area contributed by atoms with Crippen LogP contribution in [0.15, 0.2) is 59.4 Å². The molecule has 0 atom stereocenters. The smallest absolute Gasteiger partial charge is 0.292 e. The molecule has 0 fully saturated rings. The third kappa shape index (κ3) is 2.40. The van der Waals surface area contributed by atoms with E-state index in [0.29, 0.717) is 0 Å². The molecule has 5 heteroatoms. The van der Waals surface area contributed by atoms with Gasteiger partial charge in [-0.1, -0.05) is 30.3 Å². The number of fused-ring (bicyclic) bond motifs is 1. The summed E-state index contributed by atoms with van der Waals surface area (Å²) in [4.78, 5) is 18.9. The van der Waals surface area contributed by atoms with E-state index < -0.39 is 0 Å². The first-order valence-corrected chi connectivity index (χ1v) is 5.89. The number of anilines is 2. The summed E-state index contributed by atoms with van der Waals surface area (Å²) < 4.78 is 0. The average Bonchev–Trinajstić information content (AvgIpc) is 2.46. The van der Waals surface area contributed by atoms with Crippen molar-refractivity contribution in [2.24, 2.45) is 0 Å². The Labute approximate surface area is 109 Å². The molecule has 3 N–H and O–H groups in total. The van der Waals surface area contributed by atoms with Crippen LogP contribution in [-0.4, -0.2) is 9.97 Å². The van der Waals surface area contributed by atoms with Crippen molar-refractivity contribution in [1.82, 2.24) is 9.97 Å². The molecular formula is C14H12N4O. The number of aromatic nitrogens is 2. The Kier molecular flexibility index (Phi) is 2.86. The molecule has 5 nitrogen and oxygen atoms in total. The maximum absolute atomic E-state index is 11.8. The van der Waals surface area contributed by atoms with E-state index in [1.165, 1.54) is 0 Å². The van der Waals surface area contributed by atoms with Crippen LogP contribution in [0.5, 0.6) is 0 Å². The van der Waals surface area contributed by atoms with Crippen molar-refractivity contribution in [1.29, 1.82) is 0 Å². The fraction of sp³-hybridized carbons (Fsp3) is 0. The molecule has 1 aromatic heterocycles. The summed E-state index contributed by atoms with van der Waals surface area (Å²) in [6.07, 6.45) is 0. The largest absolute Gasteiger partial charge is 0.317 e. The number of benzene rings is 2. The Bertz CT molecular complexity index is 752. The predicted molar refractivity (Wildman–Crippen MR) is 76.1 cm³/mol. The summed E-state index contributed by atoms with van der Waals surface area (Å²) in [5.41, 5.74) is 7.80. The molecule has 0 aliphatic carbocycles. The first-order chi connectivity index (χ1) is 9.33. The maximum atomic E-state index is 11.8. The zero-order valence-electron chi connectivity index (χ0n) is 10.1. The van der Waals surface area contributed by atoms with E-state index in [2.05, 4.69) is 20.8 Å². The lowest BCUT2D eigenvalue weighted by atomic mass is 10.3. The number of hydrazine groups is 1. The molecule has 0 saturated heterocycles. The lowest BCUT2D eigenvalue weighted by molar-refractivity contribution is 1.19. The van der Waals surface area contributed by atoms with Crippen LogP contribution in [0.25, 0.3) is 11.0 Å². The highest BCUT2D eigenvalue weighted by atomic mass is 16.1. The Hall–Kier alpha value is -2.82. The molecule has 0 spiro atoms. The first kappa shape index (κ1) is 11.3. The van der Waals surface area contributed by atoms with Crippen LogP contribution in [0.4, 0.5) is 11.5 Å². The number of para-hydroxylation sites is 3. The van der Waals surface area contributed by atoms with E-state index in [9.17, 15) is 4.79 Å². The summed E-state index contributed by atoms with van der Waals surface area (Å²) in [5, 5.41) is 0. The van der Waals surface area contributed by atoms with Crippen LogP contribution in [-0.2, 0) is 0 Å². The number of nitrogens with zero attached hydrogens (tertiary/aromatic N) is 1. The van der Waals surface area contributed by atoms with Crippen molar-refractivity contribution in [3.05, 3.63) is 65.0 Å². The van der Waals surface area contributed by atoms with Crippen LogP contribution in [0.2, 0.25) is 0 Å². The van der Waals surface area contributed by atoms with Crippen LogP contribution < -0.4 is 16.4 Å². The number of H-pyrrole nitrogens is 1. The van der Waals surface area contributed by atoms with Gasteiger partial charge in [-0.05, 0) is 24.3 Å². The molecule has 2 aromatic carbocycles. The van der Waals surface area contributed by atoms with Gasteiger partial charge in [0, 0.05) is 0 Å². The van der Waals surface area contributed by atoms with Gasteiger partial charge in [0.25, 0.3) is 5.56 Å². The lowest BCUT2D eigenvalue weighted by Gasteiger charge is -2.08. The lowest BCUT2D eigenvalue weighted by Crippen LogP contribution is -2.20. The molecule has 3 aromatic rings. The van der Waals surface area contributed by atoms with Crippen LogP contribution in [0.1, 0.15) is 0 Å². The molecule has 19 heavy (non-hydrogen) atoms. The zero-order chi connectivity index (χ0) is 13.1. The van der Waals surface area contributed by atoms with E-state index in [1.54, 1.807) is 0 Å². The molecule has 0 amide bonds. The number of rotatable bonds is 3. The summed E-state index contributed by atoms with van der Waals surface area (Å²) >= 11 is 0. The molecule has 3 rings (SSSR count). The van der Waals surface area contributed by atoms with Gasteiger partial charge in [0.05, 0.1) is 16.7 Å². The third-order valence-electron chi connectivity index (χ3n) is 2.70. The Morgan fingerprint density at radius 2 is 1.63 bits per heavy atom. The van der Waals surface area contributed by atoms with Gasteiger partial charge in [0.1, 0.15) is 0 Å². The normalized spacial score (nSPS) is 10.3. The monoisotopic (exact) mass is 252 g/mol. The molecule has 0 saturated carbocycles. The molecule has 0 aliphatic rings. The highest BCUT2D eigenvalue weighted by molar-refractivity contribution is 5.75. The van der Waals surface area contributed by atoms with Gasteiger partial charge in [-0.2, -0.15) is 0 Å². The number of hydrogen-bond acceptors (Lipinski definition) is 4. The summed E-state index contributed by atoms with van der Waals surface area (Å²) in [5.74, 6) is 0.238. The second kappa shape index (κ2) is 4.81. The molecule has 0 aliphatic heterocycles. The standard InChI is InChI=1S/C14H12N4O/c19-14-13(18-17-10-6-2-1-3-7-10)15-11-8-4-5-9-12(11)16-14/h1-9,17H,(H,15,18)(H,16,19). The molecule has 0 unspecified atom stereocenters. The molecule has 0 radical (unpaired) electrons. The second-order valence-corrected chi connectivity index (χ2v) is 4.05. The summed E-state index contributed by atoms with van der Waals surface area (Å²) in [6.45, 7) is 0. The Morgan fingerprint density at radius 3 is 2.47 bits per heavy atom. The maximum Gasteiger partial charge on any atom is 0.292 e. The van der Waals surface area contributed by atoms with Gasteiger partial charge >= 0.3 is 0 Å². The van der Waals surface area contributed by atoms with Crippen molar-refractivity contribution in [2.45, 2.75) is 0 Å². The van der Waals surface area contributed by atoms with Crippen LogP contribution in [0, 0.1) is 0 Å². The first-order valence-electron chi connectivity index (χ1n) is 5.89. The van der Waals surface area contributed by atoms with E-state index in [4.69, 9.17) is 0 Å². The van der Waals surface area contributed by atoms with Crippen molar-refractivity contribution in [3.63, 3.8) is 0 Å². The van der Waals surface area contributed by atoms with Gasteiger partial charge in [-0.3, -0.25) is 15.6 Å². The molecule has 94 valence electrons. The quantitative estimate of drug-likeness (QED) is 0.626. The Balaban J connectivity index is 1.89. The van der Waals surface area contributed by atoms with Crippen molar-refractivity contribution in [2.75, 3.05) is 10.9 Å². The fourth-order valence-electron chi connectivity index (χ4n) is 1.77. The molecular weight excluding hydrogens is 240 g/mol. The van der Waals surface area contributed by atoms with Gasteiger partial charge in [-0.15, -0.1) is 0 Å². The minimum Gasteiger partial charge on any atom is -0.317 e. The summed E-state index contributed by atoms with van der Waals surface area (Å²) in [6, 6.07) is 16.9. The number of hydrogen-bond donors (Lipinski definition) is 3. The SMILES string of the molecule is O=c1[nH]c2ccccc2nc1NNc1ccccc1. The third-order valence-corrected chi connectivity index (χ3v) is 2.70. The highest BCUT2D eigenvalue weighted by Gasteiger charge is 2.03. The minimum atomic E-state index is -0.262. The van der Waals surface area contributed by atoms with Gasteiger partial charge < -0.3 is 4.98 Å². The van der Waals surface area contributed by atoms with Crippen LogP contribution >= 0.6 is 0 Å². The summed E-state index contributed by atoms with van der Waals surface area (Å²) in [7, 11) is 0. The van der Waals surface area contributed by atoms with Gasteiger partial charge in [-0.25, -0.2) is 4.98 Å². The van der Waals surface area contributed by atoms with E-state index in [1.807, 2.05) is 54.6 Å². The van der Waals surface area contributed by atoms with Gasteiger partial charge in [0.15, 0.2) is 0 Å². The predicted octanol–water partition coefficient (Wildman–Crippen LogP) is 2.36. The topological polar surface area (TPSA) is 69.8 Å². The van der Waals surface area contributed by atoms with Crippen molar-refractivity contribution in [3.8, 4) is 0 Å². The van der Waals surface area contributed by atoms with Crippen molar-refractivity contribution >= 4 is 22.5 Å². The number of aromatic amines is 1. The molecule has 1 heterocycles. The minimum absolute atomic E-state index is 0.238. The fourth-order valence-corrected chi connectivity index (χ4v) is 1.77. The molecule has 0 bridgehead atoms. The van der Waals surface area contributed by atoms with Gasteiger partial charge in [0.2, 0.25) is 5.82 Å². The highest BCUT2D eigenvalue weighted by Crippen LogP contribution is 2.09. The Morgan fingerprint density at radius 1 is 0.895 bits per heavy atom. The van der Waals surface area contributed by atoms with E-state index in [0.717, 1.165) is 16.7 Å². The van der Waals surface area contributed by atoms with E-state index in [-0.39, 0.29) is 11.4 Å². The van der Waals surface area contributed by atoms with Crippen LogP contribution in [0.3, 0.4) is 0 Å². The van der Waals surface area contributed by atoms with E-state index >= 15 is 0 Å². The number of nitrogens with one attached hydrogen (secondary N) is 3. The van der Waals surface area contributed by atoms with Crippen molar-refractivity contribution < 1.29 is 0 Å². The second-order valence-electron chi connectivity index (χ2n) is 4.05.